The topological polar surface area (TPSA) is 75.0 Å². The zero-order valence-electron chi connectivity index (χ0n) is 16.1. The van der Waals surface area contributed by atoms with Gasteiger partial charge in [-0.2, -0.15) is 8.75 Å². The van der Waals surface area contributed by atoms with Crippen molar-refractivity contribution in [3.63, 3.8) is 0 Å². The van der Waals surface area contributed by atoms with E-state index in [1.165, 1.54) is 17.3 Å². The largest absolute Gasteiger partial charge is 0.467 e. The van der Waals surface area contributed by atoms with Crippen LogP contribution < -0.4 is 16.0 Å². The molecule has 0 saturated carbocycles. The highest BCUT2D eigenvalue weighted by Gasteiger charge is 2.13. The zero-order valence-corrected chi connectivity index (χ0v) is 16.9. The molecule has 142 valence electrons. The molecule has 3 N–H and O–H groups in total. The van der Waals surface area contributed by atoms with Gasteiger partial charge in [0.05, 0.1) is 24.5 Å². The average molecular weight is 384 g/mol. The minimum Gasteiger partial charge on any atom is -0.467 e. The van der Waals surface area contributed by atoms with Crippen LogP contribution in [0.4, 0.5) is 17.3 Å². The second-order valence-corrected chi connectivity index (χ2v) is 7.18. The number of anilines is 3. The van der Waals surface area contributed by atoms with Crippen molar-refractivity contribution in [2.45, 2.75) is 33.2 Å². The summed E-state index contributed by atoms with van der Waals surface area (Å²) in [4.78, 5) is 0. The fourth-order valence-electron chi connectivity index (χ4n) is 2.71. The van der Waals surface area contributed by atoms with Crippen molar-refractivity contribution in [2.24, 2.45) is 0 Å². The van der Waals surface area contributed by atoms with E-state index in [-0.39, 0.29) is 0 Å². The number of nitrogens with one attached hydrogen (secondary N) is 3. The smallest absolute Gasteiger partial charge is 0.188 e. The van der Waals surface area contributed by atoms with Gasteiger partial charge in [0, 0.05) is 24.0 Å². The van der Waals surface area contributed by atoms with Crippen LogP contribution in [0.2, 0.25) is 0 Å². The van der Waals surface area contributed by atoms with Crippen molar-refractivity contribution in [1.29, 1.82) is 0 Å². The summed E-state index contributed by atoms with van der Waals surface area (Å²) in [5, 5.41) is 9.77. The van der Waals surface area contributed by atoms with E-state index in [1.807, 2.05) is 31.5 Å². The Hall–Kier alpha value is -2.80. The van der Waals surface area contributed by atoms with Crippen LogP contribution >= 0.6 is 11.7 Å². The number of aromatic nitrogens is 2. The van der Waals surface area contributed by atoms with E-state index in [2.05, 4.69) is 58.1 Å². The summed E-state index contributed by atoms with van der Waals surface area (Å²) in [6.07, 6.45) is 1.81. The van der Waals surface area contributed by atoms with E-state index in [0.717, 1.165) is 28.3 Å². The Bertz CT molecular complexity index is 928. The first-order valence-corrected chi connectivity index (χ1v) is 9.60. The third-order valence-corrected chi connectivity index (χ3v) is 5.00. The van der Waals surface area contributed by atoms with Gasteiger partial charge in [0.2, 0.25) is 0 Å². The van der Waals surface area contributed by atoms with Gasteiger partial charge in [0.25, 0.3) is 0 Å². The second-order valence-electron chi connectivity index (χ2n) is 6.65. The van der Waals surface area contributed by atoms with Gasteiger partial charge in [-0.15, -0.1) is 0 Å². The monoisotopic (exact) mass is 383 g/mol. The van der Waals surface area contributed by atoms with Gasteiger partial charge < -0.3 is 20.4 Å². The minimum absolute atomic E-state index is 0.447. The van der Waals surface area contributed by atoms with Gasteiger partial charge in [-0.05, 0) is 36.1 Å². The molecule has 0 bridgehead atoms. The quantitative estimate of drug-likeness (QED) is 0.502. The molecule has 3 aromatic rings. The molecule has 2 heterocycles. The predicted molar refractivity (Wildman–Crippen MR) is 113 cm³/mol. The number of rotatable bonds is 8. The number of benzene rings is 1. The third kappa shape index (κ3) is 4.31. The van der Waals surface area contributed by atoms with Crippen LogP contribution in [0.5, 0.6) is 0 Å². The van der Waals surface area contributed by atoms with E-state index in [0.29, 0.717) is 24.1 Å². The fourth-order valence-corrected chi connectivity index (χ4v) is 3.20. The Balaban J connectivity index is 1.73. The van der Waals surface area contributed by atoms with Gasteiger partial charge in [0.15, 0.2) is 11.6 Å². The molecular weight excluding hydrogens is 358 g/mol. The van der Waals surface area contributed by atoms with Gasteiger partial charge in [0.1, 0.15) is 5.76 Å². The Labute approximate surface area is 164 Å². The van der Waals surface area contributed by atoms with E-state index in [9.17, 15) is 0 Å². The molecule has 0 amide bonds. The molecule has 0 aliphatic heterocycles. The van der Waals surface area contributed by atoms with Crippen LogP contribution in [-0.4, -0.2) is 15.8 Å². The van der Waals surface area contributed by atoms with Crippen LogP contribution in [0.1, 0.15) is 42.2 Å². The van der Waals surface area contributed by atoms with Crippen molar-refractivity contribution >= 4 is 34.7 Å². The Morgan fingerprint density at radius 3 is 2.74 bits per heavy atom. The van der Waals surface area contributed by atoms with Gasteiger partial charge in [-0.1, -0.05) is 32.6 Å². The Morgan fingerprint density at radius 1 is 1.26 bits per heavy atom. The maximum absolute atomic E-state index is 5.61. The first-order chi connectivity index (χ1) is 13.0. The lowest BCUT2D eigenvalue weighted by Crippen LogP contribution is -2.06. The first-order valence-electron chi connectivity index (χ1n) is 8.87. The van der Waals surface area contributed by atoms with E-state index in [1.54, 1.807) is 0 Å². The molecule has 0 unspecified atom stereocenters. The molecule has 1 aromatic carbocycles. The Kier molecular flexibility index (Phi) is 5.81. The lowest BCUT2D eigenvalue weighted by atomic mass is 10.0. The Morgan fingerprint density at radius 2 is 2.04 bits per heavy atom. The molecule has 0 radical (unpaired) electrons. The maximum Gasteiger partial charge on any atom is 0.188 e. The summed E-state index contributed by atoms with van der Waals surface area (Å²) in [6, 6.07) is 8.13. The number of hydrogen-bond acceptors (Lipinski definition) is 7. The average Bonchev–Trinajstić information content (AvgIpc) is 3.30. The van der Waals surface area contributed by atoms with Crippen molar-refractivity contribution in [2.75, 3.05) is 17.7 Å². The summed E-state index contributed by atoms with van der Waals surface area (Å²) in [7, 11) is 1.87. The van der Waals surface area contributed by atoms with Crippen LogP contribution in [-0.2, 0) is 6.54 Å². The van der Waals surface area contributed by atoms with Gasteiger partial charge in [-0.25, -0.2) is 0 Å². The van der Waals surface area contributed by atoms with Crippen LogP contribution in [0.25, 0.3) is 5.70 Å². The summed E-state index contributed by atoms with van der Waals surface area (Å²) in [5.74, 6) is 2.73. The molecule has 0 aliphatic rings. The normalized spacial score (nSPS) is 10.9. The SMILES string of the molecule is C=C(NC)c1cccc(Nc2nsnc2NCc2cc(C(C)C)co2)c1C. The van der Waals surface area contributed by atoms with E-state index in [4.69, 9.17) is 4.42 Å². The van der Waals surface area contributed by atoms with Gasteiger partial charge >= 0.3 is 0 Å². The molecular formula is C20H25N5OS. The summed E-state index contributed by atoms with van der Waals surface area (Å²) >= 11 is 1.17. The zero-order chi connectivity index (χ0) is 19.4. The van der Waals surface area contributed by atoms with Crippen molar-refractivity contribution in [1.82, 2.24) is 14.1 Å². The number of nitrogens with zero attached hydrogens (tertiary/aromatic N) is 2. The van der Waals surface area contributed by atoms with Crippen molar-refractivity contribution in [3.8, 4) is 0 Å². The molecule has 0 saturated heterocycles. The predicted octanol–water partition coefficient (Wildman–Crippen LogP) is 5.11. The molecule has 0 atom stereocenters. The first kappa shape index (κ1) is 19.0. The van der Waals surface area contributed by atoms with Crippen LogP contribution in [0.15, 0.2) is 41.5 Å². The van der Waals surface area contributed by atoms with Crippen LogP contribution in [0, 0.1) is 6.92 Å². The molecule has 0 fully saturated rings. The standard InChI is InChI=1S/C20H25N5OS/c1-12(2)15-9-16(26-11-15)10-22-19-20(25-27-24-19)23-18-8-6-7-17(13(18)3)14(4)21-5/h6-9,11-12,21H,4,10H2,1-3,5H3,(H,22,24)(H,23,25). The summed E-state index contributed by atoms with van der Waals surface area (Å²) < 4.78 is 14.4. The lowest BCUT2D eigenvalue weighted by molar-refractivity contribution is 0.514. The molecule has 2 aromatic heterocycles. The highest BCUT2D eigenvalue weighted by atomic mass is 32.1. The summed E-state index contributed by atoms with van der Waals surface area (Å²) in [6.45, 7) is 11.0. The number of hydrogen-bond donors (Lipinski definition) is 3. The highest BCUT2D eigenvalue weighted by Crippen LogP contribution is 2.29. The molecule has 3 rings (SSSR count). The van der Waals surface area contributed by atoms with E-state index < -0.39 is 0 Å². The molecule has 7 heteroatoms. The third-order valence-electron chi connectivity index (χ3n) is 4.47. The van der Waals surface area contributed by atoms with Crippen molar-refractivity contribution < 1.29 is 4.42 Å². The maximum atomic E-state index is 5.61. The molecule has 0 aliphatic carbocycles. The number of furan rings is 1. The van der Waals surface area contributed by atoms with Crippen LogP contribution in [0.3, 0.4) is 0 Å². The molecule has 0 spiro atoms. The second kappa shape index (κ2) is 8.26. The minimum atomic E-state index is 0.447. The lowest BCUT2D eigenvalue weighted by Gasteiger charge is -2.14. The summed E-state index contributed by atoms with van der Waals surface area (Å²) in [5.41, 5.74) is 5.21. The van der Waals surface area contributed by atoms with E-state index >= 15 is 0 Å². The highest BCUT2D eigenvalue weighted by molar-refractivity contribution is 6.99. The fraction of sp³-hybridized carbons (Fsp3) is 0.300. The van der Waals surface area contributed by atoms with Crippen molar-refractivity contribution in [3.05, 3.63) is 59.6 Å². The molecule has 27 heavy (non-hydrogen) atoms. The van der Waals surface area contributed by atoms with Gasteiger partial charge in [-0.3, -0.25) is 0 Å². The molecule has 6 nitrogen and oxygen atoms in total.